The van der Waals surface area contributed by atoms with Crippen LogP contribution in [-0.4, -0.2) is 0 Å². The highest BCUT2D eigenvalue weighted by molar-refractivity contribution is 7.97. The Balaban J connectivity index is 2.80. The molecule has 0 aliphatic heterocycles. The maximum Gasteiger partial charge on any atom is 0.147 e. The molecule has 0 unspecified atom stereocenters. The van der Waals surface area contributed by atoms with Gasteiger partial charge in [0.25, 0.3) is 0 Å². The number of allylic oxidation sites excluding steroid dienone is 4. The number of benzene rings is 1. The van der Waals surface area contributed by atoms with Crippen LogP contribution in [0.1, 0.15) is 13.8 Å². The topological polar surface area (TPSA) is 12.0 Å². The van der Waals surface area contributed by atoms with Crippen LogP contribution in [0.5, 0.6) is 0 Å². The van der Waals surface area contributed by atoms with E-state index >= 15 is 0 Å². The van der Waals surface area contributed by atoms with Crippen molar-refractivity contribution in [1.82, 2.24) is 4.72 Å². The van der Waals surface area contributed by atoms with E-state index in [0.717, 1.165) is 10.5 Å². The van der Waals surface area contributed by atoms with E-state index in [1.54, 1.807) is 6.07 Å². The van der Waals surface area contributed by atoms with Crippen LogP contribution in [0.3, 0.4) is 0 Å². The maximum absolute atomic E-state index is 13.7. The highest BCUT2D eigenvalue weighted by Crippen LogP contribution is 2.26. The first kappa shape index (κ1) is 14.9. The van der Waals surface area contributed by atoms with E-state index in [-0.39, 0.29) is 5.83 Å². The smallest absolute Gasteiger partial charge is 0.147 e. The molecule has 0 fully saturated rings. The van der Waals surface area contributed by atoms with E-state index in [2.05, 4.69) is 11.3 Å². The summed E-state index contributed by atoms with van der Waals surface area (Å²) in [7, 11) is 0. The molecule has 96 valence electrons. The molecule has 0 saturated heterocycles. The number of rotatable bonds is 5. The molecule has 0 spiro atoms. The first-order valence-corrected chi connectivity index (χ1v) is 6.58. The van der Waals surface area contributed by atoms with Gasteiger partial charge in [0.1, 0.15) is 5.83 Å². The minimum absolute atomic E-state index is 0.334. The molecule has 0 saturated carbocycles. The van der Waals surface area contributed by atoms with Crippen LogP contribution >= 0.6 is 23.5 Å². The van der Waals surface area contributed by atoms with Crippen molar-refractivity contribution in [2.45, 2.75) is 18.7 Å². The van der Waals surface area contributed by atoms with Crippen molar-refractivity contribution in [2.24, 2.45) is 0 Å². The normalized spacial score (nSPS) is 11.6. The summed E-state index contributed by atoms with van der Waals surface area (Å²) in [6, 6.07) is 7.37. The summed E-state index contributed by atoms with van der Waals surface area (Å²) < 4.78 is 16.7. The zero-order valence-electron chi connectivity index (χ0n) is 10.3. The van der Waals surface area contributed by atoms with Gasteiger partial charge in [0, 0.05) is 4.90 Å². The minimum Gasteiger partial charge on any atom is -0.323 e. The van der Waals surface area contributed by atoms with Crippen LogP contribution in [0.4, 0.5) is 4.39 Å². The van der Waals surface area contributed by atoms with E-state index in [4.69, 9.17) is 11.6 Å². The van der Waals surface area contributed by atoms with Crippen LogP contribution in [0, 0.1) is 0 Å². The summed E-state index contributed by atoms with van der Waals surface area (Å²) in [4.78, 5) is 0.837. The minimum atomic E-state index is -0.343. The summed E-state index contributed by atoms with van der Waals surface area (Å²) in [5, 5.41) is 0.626. The second-order valence-electron chi connectivity index (χ2n) is 3.82. The first-order valence-electron chi connectivity index (χ1n) is 5.39. The molecule has 1 nitrogen and oxygen atoms in total. The van der Waals surface area contributed by atoms with Crippen molar-refractivity contribution < 1.29 is 4.39 Å². The fraction of sp³-hybridized carbons (Fsp3) is 0.143. The molecule has 1 aromatic rings. The fourth-order valence-electron chi connectivity index (χ4n) is 1.16. The second-order valence-corrected chi connectivity index (χ2v) is 5.08. The lowest BCUT2D eigenvalue weighted by Crippen LogP contribution is -2.02. The third-order valence-corrected chi connectivity index (χ3v) is 3.32. The molecule has 4 heteroatoms. The zero-order chi connectivity index (χ0) is 13.5. The Morgan fingerprint density at radius 2 is 2.06 bits per heavy atom. The van der Waals surface area contributed by atoms with Crippen LogP contribution in [0.15, 0.2) is 65.0 Å². The van der Waals surface area contributed by atoms with Crippen molar-refractivity contribution in [2.75, 3.05) is 0 Å². The van der Waals surface area contributed by atoms with Crippen molar-refractivity contribution in [3.63, 3.8) is 0 Å². The Kier molecular flexibility index (Phi) is 6.02. The highest BCUT2D eigenvalue weighted by atomic mass is 35.5. The first-order chi connectivity index (χ1) is 8.54. The van der Waals surface area contributed by atoms with Gasteiger partial charge < -0.3 is 4.72 Å². The molecule has 0 aromatic heterocycles. The van der Waals surface area contributed by atoms with E-state index in [1.807, 2.05) is 32.0 Å². The molecule has 1 N–H and O–H groups in total. The summed E-state index contributed by atoms with van der Waals surface area (Å²) in [5.74, 6) is -0.343. The lowest BCUT2D eigenvalue weighted by Gasteiger charge is -2.08. The van der Waals surface area contributed by atoms with Gasteiger partial charge in [-0.25, -0.2) is 4.39 Å². The zero-order valence-corrected chi connectivity index (χ0v) is 11.9. The second kappa shape index (κ2) is 7.29. The molecule has 0 aliphatic rings. The van der Waals surface area contributed by atoms with E-state index in [1.165, 1.54) is 24.1 Å². The fourth-order valence-corrected chi connectivity index (χ4v) is 2.12. The molecule has 1 rings (SSSR count). The largest absolute Gasteiger partial charge is 0.323 e. The van der Waals surface area contributed by atoms with Crippen LogP contribution in [0.25, 0.3) is 0 Å². The third kappa shape index (κ3) is 4.59. The number of halogens is 2. The molecule has 0 radical (unpaired) electrons. The van der Waals surface area contributed by atoms with Crippen LogP contribution < -0.4 is 4.72 Å². The average Bonchev–Trinajstić information content (AvgIpc) is 2.31. The maximum atomic E-state index is 13.7. The molecule has 0 aliphatic carbocycles. The average molecular weight is 284 g/mol. The van der Waals surface area contributed by atoms with E-state index in [0.29, 0.717) is 10.7 Å². The summed E-state index contributed by atoms with van der Waals surface area (Å²) in [6.07, 6.45) is 2.90. The lowest BCUT2D eigenvalue weighted by atomic mass is 10.2. The van der Waals surface area contributed by atoms with Gasteiger partial charge in [-0.15, -0.1) is 0 Å². The standard InChI is InChI=1S/C14H15ClFNS/c1-4-13(12(16)9-10(2)3)17-18-14-8-6-5-7-11(14)15/h4-9,17H,1H2,2-3H3/b13-12-. The lowest BCUT2D eigenvalue weighted by molar-refractivity contribution is 0.652. The monoisotopic (exact) mass is 283 g/mol. The SMILES string of the molecule is C=C/C(NSc1ccccc1Cl)=C(/F)C=C(C)C. The van der Waals surface area contributed by atoms with Crippen LogP contribution in [-0.2, 0) is 0 Å². The Morgan fingerprint density at radius 1 is 1.39 bits per heavy atom. The van der Waals surface area contributed by atoms with Gasteiger partial charge in [-0.2, -0.15) is 0 Å². The Morgan fingerprint density at radius 3 is 2.61 bits per heavy atom. The summed E-state index contributed by atoms with van der Waals surface area (Å²) in [5.41, 5.74) is 1.22. The third-order valence-electron chi connectivity index (χ3n) is 1.98. The van der Waals surface area contributed by atoms with Gasteiger partial charge in [-0.1, -0.05) is 35.9 Å². The summed E-state index contributed by atoms with van der Waals surface area (Å²) in [6.45, 7) is 7.26. The van der Waals surface area contributed by atoms with Crippen molar-refractivity contribution >= 4 is 23.5 Å². The predicted octanol–water partition coefficient (Wildman–Crippen LogP) is 5.27. The number of nitrogens with one attached hydrogen (secondary N) is 1. The Labute approximate surface area is 117 Å². The molecular formula is C14H15ClFNS. The molecule has 0 bridgehead atoms. The molecular weight excluding hydrogens is 269 g/mol. The Bertz CT molecular complexity index is 490. The van der Waals surface area contributed by atoms with Gasteiger partial charge in [-0.3, -0.25) is 0 Å². The van der Waals surface area contributed by atoms with Gasteiger partial charge in [0.15, 0.2) is 0 Å². The summed E-state index contributed by atoms with van der Waals surface area (Å²) >= 11 is 7.26. The van der Waals surface area contributed by atoms with E-state index in [9.17, 15) is 4.39 Å². The molecule has 0 heterocycles. The Hall–Kier alpha value is -1.19. The molecule has 0 amide bonds. The molecule has 1 aromatic carbocycles. The van der Waals surface area contributed by atoms with E-state index < -0.39 is 0 Å². The van der Waals surface area contributed by atoms with Gasteiger partial charge in [-0.05, 0) is 50.1 Å². The molecule has 18 heavy (non-hydrogen) atoms. The van der Waals surface area contributed by atoms with Crippen molar-refractivity contribution in [1.29, 1.82) is 0 Å². The number of hydrogen-bond donors (Lipinski definition) is 1. The van der Waals surface area contributed by atoms with Gasteiger partial charge >= 0.3 is 0 Å². The van der Waals surface area contributed by atoms with Crippen LogP contribution in [0.2, 0.25) is 5.02 Å². The van der Waals surface area contributed by atoms with Gasteiger partial charge in [0.05, 0.1) is 10.7 Å². The number of hydrogen-bond acceptors (Lipinski definition) is 2. The highest BCUT2D eigenvalue weighted by Gasteiger charge is 2.03. The van der Waals surface area contributed by atoms with Gasteiger partial charge in [0.2, 0.25) is 0 Å². The molecule has 0 atom stereocenters. The quantitative estimate of drug-likeness (QED) is 0.583. The van der Waals surface area contributed by atoms with Crippen molar-refractivity contribution in [3.05, 3.63) is 65.1 Å². The predicted molar refractivity (Wildman–Crippen MR) is 78.2 cm³/mol. The van der Waals surface area contributed by atoms with Crippen molar-refractivity contribution in [3.8, 4) is 0 Å².